The molecule has 0 aliphatic rings. The van der Waals surface area contributed by atoms with Crippen molar-refractivity contribution in [2.45, 2.75) is 19.0 Å². The lowest BCUT2D eigenvalue weighted by Crippen LogP contribution is -2.23. The molecule has 0 fully saturated rings. The molecule has 2 rings (SSSR count). The number of nitrogens with one attached hydrogen (secondary N) is 1. The van der Waals surface area contributed by atoms with Gasteiger partial charge in [-0.1, -0.05) is 6.07 Å². The van der Waals surface area contributed by atoms with Gasteiger partial charge in [0.2, 0.25) is 0 Å². The van der Waals surface area contributed by atoms with Gasteiger partial charge in [0.15, 0.2) is 0 Å². The first-order valence-electron chi connectivity index (χ1n) is 6.24. The normalized spacial score (nSPS) is 12.0. The summed E-state index contributed by atoms with van der Waals surface area (Å²) in [6.07, 6.45) is 1.39. The predicted molar refractivity (Wildman–Crippen MR) is 76.2 cm³/mol. The fourth-order valence-electron chi connectivity index (χ4n) is 1.82. The van der Waals surface area contributed by atoms with Gasteiger partial charge in [0.25, 0.3) is 0 Å². The van der Waals surface area contributed by atoms with E-state index in [-0.39, 0.29) is 24.0 Å². The van der Waals surface area contributed by atoms with E-state index in [1.165, 1.54) is 30.8 Å². The third-order valence-corrected chi connectivity index (χ3v) is 3.89. The molecule has 0 aromatic carbocycles. The van der Waals surface area contributed by atoms with E-state index in [2.05, 4.69) is 5.32 Å². The van der Waals surface area contributed by atoms with Crippen molar-refractivity contribution in [2.24, 2.45) is 0 Å². The van der Waals surface area contributed by atoms with Crippen molar-refractivity contribution in [3.05, 3.63) is 46.0 Å². The van der Waals surface area contributed by atoms with Gasteiger partial charge in [0, 0.05) is 4.88 Å². The van der Waals surface area contributed by atoms with E-state index in [0.717, 1.165) is 4.88 Å². The molecule has 21 heavy (non-hydrogen) atoms. The molecule has 1 unspecified atom stereocenters. The Morgan fingerprint density at radius 3 is 2.90 bits per heavy atom. The van der Waals surface area contributed by atoms with Crippen LogP contribution in [0, 0.1) is 0 Å². The minimum atomic E-state index is -1.03. The van der Waals surface area contributed by atoms with E-state index in [9.17, 15) is 9.59 Å². The number of carboxylic acids is 1. The van der Waals surface area contributed by atoms with Gasteiger partial charge in [-0.25, -0.2) is 4.79 Å². The van der Waals surface area contributed by atoms with Crippen LogP contribution in [-0.4, -0.2) is 24.2 Å². The Kier molecular flexibility index (Phi) is 5.13. The van der Waals surface area contributed by atoms with Crippen LogP contribution in [0.5, 0.6) is 0 Å². The maximum Gasteiger partial charge on any atom is 0.338 e. The standard InChI is InChI=1S/C14H15NO5S/c1-19-13(16)6-11(12-3-2-4-21-12)15-7-10-5-9(8-20-10)14(17)18/h2-5,8,11,15H,6-7H2,1H3,(H,17,18). The van der Waals surface area contributed by atoms with E-state index in [1.54, 1.807) is 0 Å². The Labute approximate surface area is 125 Å². The predicted octanol–water partition coefficient (Wildman–Crippen LogP) is 2.43. The highest BCUT2D eigenvalue weighted by atomic mass is 32.1. The van der Waals surface area contributed by atoms with Crippen LogP contribution >= 0.6 is 11.3 Å². The zero-order chi connectivity index (χ0) is 15.2. The summed E-state index contributed by atoms with van der Waals surface area (Å²) in [5, 5.41) is 13.9. The number of carbonyl (C=O) groups excluding carboxylic acids is 1. The van der Waals surface area contributed by atoms with Crippen LogP contribution < -0.4 is 5.32 Å². The van der Waals surface area contributed by atoms with Gasteiger partial charge in [-0.3, -0.25) is 4.79 Å². The van der Waals surface area contributed by atoms with Gasteiger partial charge in [0.1, 0.15) is 12.0 Å². The molecule has 0 amide bonds. The molecule has 0 saturated carbocycles. The molecule has 6 nitrogen and oxygen atoms in total. The number of thiophene rings is 1. The van der Waals surface area contributed by atoms with Crippen molar-refractivity contribution in [3.63, 3.8) is 0 Å². The molecule has 2 heterocycles. The van der Waals surface area contributed by atoms with E-state index in [1.807, 2.05) is 17.5 Å². The number of hydrogen-bond donors (Lipinski definition) is 2. The molecular weight excluding hydrogens is 294 g/mol. The van der Waals surface area contributed by atoms with Gasteiger partial charge in [-0.15, -0.1) is 11.3 Å². The van der Waals surface area contributed by atoms with Crippen molar-refractivity contribution < 1.29 is 23.8 Å². The lowest BCUT2D eigenvalue weighted by Gasteiger charge is -2.15. The fraction of sp³-hybridized carbons (Fsp3) is 0.286. The highest BCUT2D eigenvalue weighted by Crippen LogP contribution is 2.23. The van der Waals surface area contributed by atoms with Gasteiger partial charge in [-0.2, -0.15) is 0 Å². The summed E-state index contributed by atoms with van der Waals surface area (Å²) >= 11 is 1.53. The highest BCUT2D eigenvalue weighted by Gasteiger charge is 2.18. The average Bonchev–Trinajstić information content (AvgIpc) is 3.14. The van der Waals surface area contributed by atoms with E-state index in [0.29, 0.717) is 12.3 Å². The molecule has 2 aromatic heterocycles. The molecule has 0 bridgehead atoms. The SMILES string of the molecule is COC(=O)CC(NCc1cc(C(=O)O)co1)c1cccs1. The van der Waals surface area contributed by atoms with Crippen LogP contribution in [-0.2, 0) is 16.1 Å². The van der Waals surface area contributed by atoms with Crippen LogP contribution in [0.3, 0.4) is 0 Å². The van der Waals surface area contributed by atoms with Crippen molar-refractivity contribution in [1.29, 1.82) is 0 Å². The molecule has 2 N–H and O–H groups in total. The number of carboxylic acid groups (broad SMARTS) is 1. The number of aromatic carboxylic acids is 1. The fourth-order valence-corrected chi connectivity index (χ4v) is 2.62. The Morgan fingerprint density at radius 2 is 2.33 bits per heavy atom. The van der Waals surface area contributed by atoms with E-state index >= 15 is 0 Å². The smallest absolute Gasteiger partial charge is 0.338 e. The maximum atomic E-state index is 11.5. The average molecular weight is 309 g/mol. The molecule has 0 spiro atoms. The van der Waals surface area contributed by atoms with Crippen LogP contribution in [0.2, 0.25) is 0 Å². The summed E-state index contributed by atoms with van der Waals surface area (Å²) in [7, 11) is 1.35. The molecule has 112 valence electrons. The maximum absolute atomic E-state index is 11.5. The number of rotatable bonds is 7. The zero-order valence-electron chi connectivity index (χ0n) is 11.4. The summed E-state index contributed by atoms with van der Waals surface area (Å²) in [4.78, 5) is 23.3. The first-order chi connectivity index (χ1) is 10.1. The van der Waals surface area contributed by atoms with Crippen LogP contribution in [0.1, 0.15) is 33.5 Å². The van der Waals surface area contributed by atoms with Crippen molar-refractivity contribution in [3.8, 4) is 0 Å². The van der Waals surface area contributed by atoms with E-state index < -0.39 is 5.97 Å². The van der Waals surface area contributed by atoms with Crippen molar-refractivity contribution in [2.75, 3.05) is 7.11 Å². The molecule has 0 aliphatic heterocycles. The minimum absolute atomic E-state index is 0.104. The number of carbonyl (C=O) groups is 2. The van der Waals surface area contributed by atoms with Crippen LogP contribution in [0.4, 0.5) is 0 Å². The van der Waals surface area contributed by atoms with Crippen LogP contribution in [0.15, 0.2) is 34.3 Å². The first-order valence-corrected chi connectivity index (χ1v) is 7.12. The lowest BCUT2D eigenvalue weighted by atomic mass is 10.1. The number of furan rings is 1. The molecular formula is C14H15NO5S. The molecule has 0 saturated heterocycles. The summed E-state index contributed by atoms with van der Waals surface area (Å²) in [6, 6.07) is 5.09. The molecule has 1 atom stereocenters. The Hall–Kier alpha value is -2.12. The molecule has 7 heteroatoms. The Bertz CT molecular complexity index is 605. The summed E-state index contributed by atoms with van der Waals surface area (Å²) in [5.41, 5.74) is 0.104. The third-order valence-electron chi connectivity index (χ3n) is 2.91. The highest BCUT2D eigenvalue weighted by molar-refractivity contribution is 7.10. The molecule has 0 aliphatic carbocycles. The largest absolute Gasteiger partial charge is 0.478 e. The molecule has 2 aromatic rings. The second-order valence-corrected chi connectivity index (χ2v) is 5.32. The van der Waals surface area contributed by atoms with Gasteiger partial charge in [0.05, 0.1) is 31.7 Å². The third kappa shape index (κ3) is 4.17. The monoisotopic (exact) mass is 309 g/mol. The summed E-state index contributed by atoms with van der Waals surface area (Å²) in [6.45, 7) is 0.326. The second-order valence-electron chi connectivity index (χ2n) is 4.34. The van der Waals surface area contributed by atoms with Crippen molar-refractivity contribution >= 4 is 23.3 Å². The Morgan fingerprint density at radius 1 is 1.52 bits per heavy atom. The molecule has 0 radical (unpaired) electrons. The van der Waals surface area contributed by atoms with Gasteiger partial charge >= 0.3 is 11.9 Å². The number of hydrogen-bond acceptors (Lipinski definition) is 6. The quantitative estimate of drug-likeness (QED) is 0.764. The van der Waals surface area contributed by atoms with Gasteiger partial charge < -0.3 is 19.6 Å². The van der Waals surface area contributed by atoms with Crippen molar-refractivity contribution in [1.82, 2.24) is 5.32 Å². The lowest BCUT2D eigenvalue weighted by molar-refractivity contribution is -0.141. The Balaban J connectivity index is 2.01. The zero-order valence-corrected chi connectivity index (χ0v) is 12.2. The number of methoxy groups -OCH3 is 1. The number of ether oxygens (including phenoxy) is 1. The number of esters is 1. The summed E-state index contributed by atoms with van der Waals surface area (Å²) < 4.78 is 9.86. The van der Waals surface area contributed by atoms with E-state index in [4.69, 9.17) is 14.3 Å². The minimum Gasteiger partial charge on any atom is -0.478 e. The van der Waals surface area contributed by atoms with Gasteiger partial charge in [-0.05, 0) is 17.5 Å². The topological polar surface area (TPSA) is 88.8 Å². The summed E-state index contributed by atoms with van der Waals surface area (Å²) in [5.74, 6) is -0.847. The van der Waals surface area contributed by atoms with Crippen LogP contribution in [0.25, 0.3) is 0 Å². The first kappa shape index (κ1) is 15.3. The second kappa shape index (κ2) is 7.05.